The van der Waals surface area contributed by atoms with Crippen molar-refractivity contribution in [2.75, 3.05) is 6.61 Å². The maximum absolute atomic E-state index is 12.1. The molecule has 0 aliphatic carbocycles. The van der Waals surface area contributed by atoms with Gasteiger partial charge in [-0.25, -0.2) is 0 Å². The fourth-order valence-corrected chi connectivity index (χ4v) is 3.73. The van der Waals surface area contributed by atoms with Gasteiger partial charge in [-0.15, -0.1) is 0 Å². The number of imide groups is 1. The highest BCUT2D eigenvalue weighted by molar-refractivity contribution is 8.01. The van der Waals surface area contributed by atoms with Crippen molar-refractivity contribution in [1.82, 2.24) is 10.2 Å². The summed E-state index contributed by atoms with van der Waals surface area (Å²) in [5.41, 5.74) is 0. The predicted molar refractivity (Wildman–Crippen MR) is 94.0 cm³/mol. The first-order chi connectivity index (χ1) is 12.2. The van der Waals surface area contributed by atoms with Crippen LogP contribution in [0.5, 0.6) is 5.75 Å². The van der Waals surface area contributed by atoms with Crippen molar-refractivity contribution in [2.24, 2.45) is 0 Å². The molecule has 0 bridgehead atoms. The van der Waals surface area contributed by atoms with Crippen molar-refractivity contribution in [1.29, 1.82) is 0 Å². The van der Waals surface area contributed by atoms with Gasteiger partial charge in [-0.3, -0.25) is 24.1 Å². The van der Waals surface area contributed by atoms with Crippen molar-refractivity contribution in [2.45, 2.75) is 37.1 Å². The molecule has 1 aromatic rings. The third-order valence-corrected chi connectivity index (χ3v) is 4.81. The van der Waals surface area contributed by atoms with Crippen molar-refractivity contribution in [3.8, 4) is 5.75 Å². The number of nitrogens with zero attached hydrogens (tertiary/aromatic N) is 1. The van der Waals surface area contributed by atoms with Crippen molar-refractivity contribution in [3.05, 3.63) is 30.3 Å². The van der Waals surface area contributed by atoms with Gasteiger partial charge in [-0.05, 0) is 26.0 Å². The number of β-lactam (4-membered cyclic amide) rings is 1. The lowest BCUT2D eigenvalue weighted by Gasteiger charge is -2.45. The molecule has 2 unspecified atom stereocenters. The summed E-state index contributed by atoms with van der Waals surface area (Å²) in [5.74, 6) is -0.973. The minimum Gasteiger partial charge on any atom is -0.484 e. The van der Waals surface area contributed by atoms with Crippen LogP contribution >= 0.6 is 11.8 Å². The average molecular weight is 380 g/mol. The van der Waals surface area contributed by atoms with Crippen LogP contribution in [0.25, 0.3) is 0 Å². The topological polar surface area (TPSA) is 102 Å². The minimum atomic E-state index is -0.970. The van der Waals surface area contributed by atoms with Gasteiger partial charge in [0.2, 0.25) is 6.41 Å². The van der Waals surface area contributed by atoms with Crippen molar-refractivity contribution in [3.63, 3.8) is 0 Å². The Morgan fingerprint density at radius 2 is 1.96 bits per heavy atom. The van der Waals surface area contributed by atoms with E-state index >= 15 is 0 Å². The summed E-state index contributed by atoms with van der Waals surface area (Å²) in [6.07, 6.45) is 0.396. The first kappa shape index (κ1) is 19.8. The third kappa shape index (κ3) is 4.98. The molecule has 26 heavy (non-hydrogen) atoms. The number of carbonyl (C=O) groups is 4. The second-order valence-corrected chi connectivity index (χ2v) is 7.70. The number of esters is 1. The number of hydrogen-bond acceptors (Lipinski definition) is 7. The standard InChI is InChI=1S/C17H20N2O6S/c1-11(21)25-17(2,3)26-16-14(15(23)19(16)10-20)18-13(22)9-24-12-7-5-4-6-8-12/h4-8,10,14,16H,9H2,1-3H3,(H,18,22). The molecular formula is C17H20N2O6S. The molecule has 2 atom stereocenters. The number of hydrogen-bond donors (Lipinski definition) is 1. The summed E-state index contributed by atoms with van der Waals surface area (Å²) in [6, 6.07) is 7.88. The minimum absolute atomic E-state index is 0.264. The molecule has 1 saturated heterocycles. The van der Waals surface area contributed by atoms with Crippen LogP contribution in [0.15, 0.2) is 30.3 Å². The Morgan fingerprint density at radius 1 is 1.31 bits per heavy atom. The zero-order valence-corrected chi connectivity index (χ0v) is 15.4. The monoisotopic (exact) mass is 380 g/mol. The van der Waals surface area contributed by atoms with Crippen LogP contribution < -0.4 is 10.1 Å². The highest BCUT2D eigenvalue weighted by Gasteiger charge is 2.51. The average Bonchev–Trinajstić information content (AvgIpc) is 2.57. The van der Waals surface area contributed by atoms with Gasteiger partial charge in [0.15, 0.2) is 11.5 Å². The lowest BCUT2D eigenvalue weighted by molar-refractivity contribution is -0.153. The second kappa shape index (κ2) is 8.22. The zero-order valence-electron chi connectivity index (χ0n) is 14.6. The first-order valence-electron chi connectivity index (χ1n) is 7.85. The van der Waals surface area contributed by atoms with Gasteiger partial charge in [0.05, 0.1) is 0 Å². The number of para-hydroxylation sites is 1. The number of carbonyl (C=O) groups excluding carboxylic acids is 4. The Hall–Kier alpha value is -2.55. The van der Waals surface area contributed by atoms with E-state index < -0.39 is 34.1 Å². The largest absolute Gasteiger partial charge is 0.484 e. The van der Waals surface area contributed by atoms with Crippen LogP contribution in [0.2, 0.25) is 0 Å². The van der Waals surface area contributed by atoms with E-state index in [-0.39, 0.29) is 6.61 Å². The maximum atomic E-state index is 12.1. The Bertz CT molecular complexity index is 694. The highest BCUT2D eigenvalue weighted by atomic mass is 32.2. The third-order valence-electron chi connectivity index (χ3n) is 3.42. The number of thioether (sulfide) groups is 1. The van der Waals surface area contributed by atoms with Gasteiger partial charge >= 0.3 is 5.97 Å². The van der Waals surface area contributed by atoms with E-state index in [1.54, 1.807) is 38.1 Å². The summed E-state index contributed by atoms with van der Waals surface area (Å²) >= 11 is 1.09. The lowest BCUT2D eigenvalue weighted by atomic mass is 10.1. The van der Waals surface area contributed by atoms with Crippen LogP contribution in [-0.2, 0) is 23.9 Å². The maximum Gasteiger partial charge on any atom is 0.304 e. The first-order valence-corrected chi connectivity index (χ1v) is 8.73. The molecule has 1 N–H and O–H groups in total. The van der Waals surface area contributed by atoms with Crippen LogP contribution in [0.3, 0.4) is 0 Å². The summed E-state index contributed by atoms with van der Waals surface area (Å²) in [5, 5.41) is 1.88. The van der Waals surface area contributed by atoms with Crippen LogP contribution in [0.4, 0.5) is 0 Å². The Balaban J connectivity index is 1.95. The molecule has 3 amide bonds. The van der Waals surface area contributed by atoms with E-state index in [4.69, 9.17) is 9.47 Å². The molecule has 1 aromatic carbocycles. The smallest absolute Gasteiger partial charge is 0.304 e. The molecule has 1 aliphatic heterocycles. The summed E-state index contributed by atoms with van der Waals surface area (Å²) in [4.78, 5) is 46.4. The van der Waals surface area contributed by atoms with Crippen LogP contribution in [0, 0.1) is 0 Å². The Morgan fingerprint density at radius 3 is 2.54 bits per heavy atom. The van der Waals surface area contributed by atoms with Crippen LogP contribution in [0.1, 0.15) is 20.8 Å². The van der Waals surface area contributed by atoms with E-state index in [1.165, 1.54) is 6.92 Å². The number of amides is 3. The van der Waals surface area contributed by atoms with Gasteiger partial charge in [0.1, 0.15) is 17.2 Å². The van der Waals surface area contributed by atoms with Gasteiger partial charge in [0.25, 0.3) is 11.8 Å². The highest BCUT2D eigenvalue weighted by Crippen LogP contribution is 2.38. The summed E-state index contributed by atoms with van der Waals surface area (Å²) in [7, 11) is 0. The Labute approximate surface area is 155 Å². The quantitative estimate of drug-likeness (QED) is 0.309. The lowest BCUT2D eigenvalue weighted by Crippen LogP contribution is -2.70. The van der Waals surface area contributed by atoms with Gasteiger partial charge < -0.3 is 14.8 Å². The zero-order chi connectivity index (χ0) is 19.3. The van der Waals surface area contributed by atoms with Crippen molar-refractivity contribution < 1.29 is 28.7 Å². The Kier molecular flexibility index (Phi) is 6.25. The SMILES string of the molecule is CC(=O)OC(C)(C)SC1C(NC(=O)COc2ccccc2)C(=O)N1C=O. The molecule has 1 fully saturated rings. The molecule has 1 heterocycles. The molecule has 0 aromatic heterocycles. The predicted octanol–water partition coefficient (Wildman–Crippen LogP) is 0.907. The van der Waals surface area contributed by atoms with E-state index in [9.17, 15) is 19.2 Å². The van der Waals surface area contributed by atoms with Gasteiger partial charge in [0, 0.05) is 6.92 Å². The molecule has 9 heteroatoms. The van der Waals surface area contributed by atoms with E-state index in [0.717, 1.165) is 16.7 Å². The number of rotatable bonds is 8. The fourth-order valence-electron chi connectivity index (χ4n) is 2.40. The van der Waals surface area contributed by atoms with E-state index in [1.807, 2.05) is 6.07 Å². The van der Waals surface area contributed by atoms with Crippen molar-refractivity contribution >= 4 is 36.0 Å². The molecule has 1 aliphatic rings. The second-order valence-electron chi connectivity index (χ2n) is 6.00. The summed E-state index contributed by atoms with van der Waals surface area (Å²) in [6.45, 7) is 4.29. The normalized spacial score (nSPS) is 19.3. The van der Waals surface area contributed by atoms with E-state index in [2.05, 4.69) is 5.32 Å². The molecular weight excluding hydrogens is 360 g/mol. The van der Waals surface area contributed by atoms with E-state index in [0.29, 0.717) is 12.2 Å². The molecule has 0 spiro atoms. The molecule has 0 saturated carbocycles. The summed E-state index contributed by atoms with van der Waals surface area (Å²) < 4.78 is 10.5. The number of nitrogens with one attached hydrogen (secondary N) is 1. The molecule has 140 valence electrons. The molecule has 2 rings (SSSR count). The number of likely N-dealkylation sites (tertiary alicyclic amines) is 1. The molecule has 8 nitrogen and oxygen atoms in total. The number of ether oxygens (including phenoxy) is 2. The number of benzene rings is 1. The van der Waals surface area contributed by atoms with Gasteiger partial charge in [-0.2, -0.15) is 0 Å². The van der Waals surface area contributed by atoms with Crippen LogP contribution in [-0.4, -0.2) is 52.0 Å². The van der Waals surface area contributed by atoms with Gasteiger partial charge in [-0.1, -0.05) is 30.0 Å². The fraction of sp³-hybridized carbons (Fsp3) is 0.412. The molecule has 0 radical (unpaired) electrons.